The fourth-order valence-electron chi connectivity index (χ4n) is 0.665. The lowest BCUT2D eigenvalue weighted by atomic mass is 10.3. The van der Waals surface area contributed by atoms with Crippen LogP contribution in [0.5, 0.6) is 5.06 Å². The van der Waals surface area contributed by atoms with Crippen LogP contribution in [0.1, 0.15) is 5.56 Å². The molecule has 15 heavy (non-hydrogen) atoms. The number of carbonyl (C=O) groups is 1. The van der Waals surface area contributed by atoms with Gasteiger partial charge in [-0.2, -0.15) is 13.2 Å². The normalized spacial score (nSPS) is 10.6. The van der Waals surface area contributed by atoms with Gasteiger partial charge < -0.3 is 4.74 Å². The zero-order valence-corrected chi connectivity index (χ0v) is 7.69. The highest BCUT2D eigenvalue weighted by atomic mass is 32.1. The largest absolute Gasteiger partial charge is 0.450 e. The molecule has 1 aromatic rings. The first-order chi connectivity index (χ1) is 6.93. The van der Waals surface area contributed by atoms with E-state index in [9.17, 15) is 22.8 Å². The smallest absolute Gasteiger partial charge is 0.397 e. The summed E-state index contributed by atoms with van der Waals surface area (Å²) >= 11 is 0.578. The highest BCUT2D eigenvalue weighted by Gasteiger charge is 2.32. The second-order valence-electron chi connectivity index (χ2n) is 2.22. The molecule has 0 aliphatic heterocycles. The third-order valence-corrected chi connectivity index (χ3v) is 2.03. The molecule has 0 N–H and O–H groups in total. The van der Waals surface area contributed by atoms with Crippen molar-refractivity contribution in [1.82, 2.24) is 0 Å². The topological polar surface area (TPSA) is 55.7 Å². The fraction of sp³-hybridized carbons (Fsp3) is 0.143. The monoisotopic (exact) mass is 237 g/mol. The van der Waals surface area contributed by atoms with Crippen molar-refractivity contribution in [2.75, 3.05) is 0 Å². The molecule has 0 atom stereocenters. The van der Waals surface area contributed by atoms with E-state index < -0.39 is 17.8 Å². The number of rotatable bonds is 1. The molecule has 0 fully saturated rings. The van der Waals surface area contributed by atoms with Gasteiger partial charge in [-0.1, -0.05) is 4.99 Å². The molecule has 0 unspecified atom stereocenters. The predicted octanol–water partition coefficient (Wildman–Crippen LogP) is 2.60. The number of halogens is 3. The third-order valence-electron chi connectivity index (χ3n) is 1.23. The Kier molecular flexibility index (Phi) is 3.23. The van der Waals surface area contributed by atoms with E-state index in [1.54, 1.807) is 0 Å². The fourth-order valence-corrected chi connectivity index (χ4v) is 1.42. The van der Waals surface area contributed by atoms with Crippen LogP contribution in [0.3, 0.4) is 0 Å². The predicted molar refractivity (Wildman–Crippen MR) is 43.5 cm³/mol. The maximum absolute atomic E-state index is 12.1. The average molecular weight is 237 g/mol. The average Bonchev–Trinajstić information content (AvgIpc) is 2.52. The number of ether oxygens (including phenoxy) is 1. The number of hydrogen-bond donors (Lipinski definition) is 0. The highest BCUT2D eigenvalue weighted by Crippen LogP contribution is 2.35. The number of hydrogen-bond acceptors (Lipinski definition) is 4. The number of thiophene rings is 1. The minimum atomic E-state index is -4.49. The van der Waals surface area contributed by atoms with Crippen molar-refractivity contribution in [2.24, 2.45) is 4.99 Å². The van der Waals surface area contributed by atoms with E-state index in [4.69, 9.17) is 0 Å². The van der Waals surface area contributed by atoms with Crippen molar-refractivity contribution in [3.05, 3.63) is 17.0 Å². The van der Waals surface area contributed by atoms with E-state index in [1.807, 2.05) is 0 Å². The van der Waals surface area contributed by atoms with Crippen LogP contribution < -0.4 is 4.74 Å². The zero-order valence-electron chi connectivity index (χ0n) is 6.87. The first-order valence-electron chi connectivity index (χ1n) is 3.39. The molecule has 0 aliphatic carbocycles. The van der Waals surface area contributed by atoms with Crippen molar-refractivity contribution < 1.29 is 27.5 Å². The highest BCUT2D eigenvalue weighted by molar-refractivity contribution is 7.12. The van der Waals surface area contributed by atoms with Gasteiger partial charge in [-0.3, -0.25) is 0 Å². The standard InChI is InChI=1S/C7H2F3NO3S/c8-7(9,10)4-1-5(15-2-4)14-6(13)11-3-12/h1-2H. The molecular weight excluding hydrogens is 235 g/mol. The zero-order chi connectivity index (χ0) is 11.5. The van der Waals surface area contributed by atoms with Crippen LogP contribution in [0.4, 0.5) is 18.0 Å². The van der Waals surface area contributed by atoms with Crippen LogP contribution in [0, 0.1) is 0 Å². The minimum Gasteiger partial charge on any atom is -0.397 e. The number of carbonyl (C=O) groups excluding carboxylic acids is 2. The molecular formula is C7H2F3NO3S. The number of aliphatic imine (C=N–C) groups is 1. The molecule has 4 nitrogen and oxygen atoms in total. The van der Waals surface area contributed by atoms with E-state index in [-0.39, 0.29) is 5.06 Å². The summed E-state index contributed by atoms with van der Waals surface area (Å²) in [6.07, 6.45) is -4.89. The summed E-state index contributed by atoms with van der Waals surface area (Å²) in [5, 5.41) is 0.499. The van der Waals surface area contributed by atoms with E-state index in [2.05, 4.69) is 9.73 Å². The lowest BCUT2D eigenvalue weighted by Gasteiger charge is -2.00. The van der Waals surface area contributed by atoms with E-state index in [0.29, 0.717) is 17.4 Å². The molecule has 1 amide bonds. The number of isocyanates is 1. The summed E-state index contributed by atoms with van der Waals surface area (Å²) in [6, 6.07) is 0.642. The Morgan fingerprint density at radius 1 is 1.53 bits per heavy atom. The van der Waals surface area contributed by atoms with Gasteiger partial charge in [0.2, 0.25) is 6.08 Å². The SMILES string of the molecule is O=C=NC(=O)Oc1cc(C(F)(F)F)cs1. The summed E-state index contributed by atoms with van der Waals surface area (Å²) in [5.41, 5.74) is -0.926. The minimum absolute atomic E-state index is 0.286. The van der Waals surface area contributed by atoms with Crippen molar-refractivity contribution in [3.63, 3.8) is 0 Å². The lowest BCUT2D eigenvalue weighted by molar-refractivity contribution is -0.137. The Balaban J connectivity index is 2.77. The first kappa shape index (κ1) is 11.4. The molecule has 1 rings (SSSR count). The van der Waals surface area contributed by atoms with Gasteiger partial charge in [-0.05, 0) is 0 Å². The van der Waals surface area contributed by atoms with Gasteiger partial charge in [0.25, 0.3) is 0 Å². The van der Waals surface area contributed by atoms with Crippen molar-refractivity contribution >= 4 is 23.5 Å². The Hall–Kier alpha value is -1.66. The molecule has 8 heteroatoms. The molecule has 0 aromatic carbocycles. The second-order valence-corrected chi connectivity index (χ2v) is 3.10. The molecule has 0 spiro atoms. The molecule has 0 saturated carbocycles. The van der Waals surface area contributed by atoms with Gasteiger partial charge in [-0.15, -0.1) is 11.3 Å². The van der Waals surface area contributed by atoms with Gasteiger partial charge >= 0.3 is 12.3 Å². The van der Waals surface area contributed by atoms with Gasteiger partial charge in [0.05, 0.1) is 5.56 Å². The van der Waals surface area contributed by atoms with Crippen molar-refractivity contribution in [1.29, 1.82) is 0 Å². The molecule has 0 saturated heterocycles. The Morgan fingerprint density at radius 3 is 2.67 bits per heavy atom. The van der Waals surface area contributed by atoms with Crippen LogP contribution in [0.15, 0.2) is 16.4 Å². The lowest BCUT2D eigenvalue weighted by Crippen LogP contribution is -2.03. The first-order valence-corrected chi connectivity index (χ1v) is 4.27. The maximum atomic E-state index is 12.1. The van der Waals surface area contributed by atoms with Gasteiger partial charge in [-0.25, -0.2) is 9.59 Å². The molecule has 0 radical (unpaired) electrons. The number of alkyl halides is 3. The van der Waals surface area contributed by atoms with Crippen molar-refractivity contribution in [3.8, 4) is 5.06 Å². The number of amides is 1. The molecule has 0 aliphatic rings. The molecule has 1 aromatic heterocycles. The van der Waals surface area contributed by atoms with Crippen LogP contribution in [0.2, 0.25) is 0 Å². The third kappa shape index (κ3) is 3.19. The summed E-state index contributed by atoms with van der Waals surface area (Å²) < 4.78 is 40.5. The quantitative estimate of drug-likeness (QED) is 0.557. The number of nitrogens with zero attached hydrogens (tertiary/aromatic N) is 1. The van der Waals surface area contributed by atoms with Crippen LogP contribution in [-0.2, 0) is 11.0 Å². The summed E-state index contributed by atoms with van der Waals surface area (Å²) in [7, 11) is 0. The van der Waals surface area contributed by atoms with E-state index in [0.717, 1.165) is 11.5 Å². The Labute approximate surface area is 85.0 Å². The Bertz CT molecular complexity index is 419. The van der Waals surface area contributed by atoms with Gasteiger partial charge in [0.15, 0.2) is 5.06 Å². The van der Waals surface area contributed by atoms with Gasteiger partial charge in [0.1, 0.15) is 0 Å². The maximum Gasteiger partial charge on any atom is 0.450 e. The van der Waals surface area contributed by atoms with E-state index in [1.165, 1.54) is 0 Å². The van der Waals surface area contributed by atoms with Crippen LogP contribution >= 0.6 is 11.3 Å². The molecule has 1 heterocycles. The summed E-state index contributed by atoms with van der Waals surface area (Å²) in [4.78, 5) is 22.7. The van der Waals surface area contributed by atoms with Crippen molar-refractivity contribution in [2.45, 2.75) is 6.18 Å². The van der Waals surface area contributed by atoms with E-state index >= 15 is 0 Å². The van der Waals surface area contributed by atoms with Crippen LogP contribution in [-0.4, -0.2) is 12.2 Å². The van der Waals surface area contributed by atoms with Gasteiger partial charge in [0, 0.05) is 11.4 Å². The van der Waals surface area contributed by atoms with Crippen LogP contribution in [0.25, 0.3) is 0 Å². The summed E-state index contributed by atoms with van der Waals surface area (Å²) in [5.74, 6) is 0. The molecule has 80 valence electrons. The Morgan fingerprint density at radius 2 is 2.20 bits per heavy atom. The second kappa shape index (κ2) is 4.24. The molecule has 0 bridgehead atoms. The summed E-state index contributed by atoms with van der Waals surface area (Å²) in [6.45, 7) is 0.